The molecule has 1 unspecified atom stereocenters. The minimum Gasteiger partial charge on any atom is -0.297 e. The van der Waals surface area contributed by atoms with Crippen molar-refractivity contribution in [2.45, 2.75) is 6.29 Å². The fourth-order valence-corrected chi connectivity index (χ4v) is 0.262. The topological polar surface area (TPSA) is 62.4 Å². The molecule has 5 heteroatoms. The molecule has 0 spiro atoms. The highest BCUT2D eigenvalue weighted by Gasteiger charge is 1.88. The lowest BCUT2D eigenvalue weighted by Crippen LogP contribution is -2.41. The summed E-state index contributed by atoms with van der Waals surface area (Å²) < 4.78 is 2.67. The molecule has 0 aromatic rings. The van der Waals surface area contributed by atoms with E-state index in [1.807, 2.05) is 22.9 Å². The van der Waals surface area contributed by atoms with Gasteiger partial charge < -0.3 is 0 Å². The number of hydrogen-bond donors (Lipinski definition) is 3. The molecule has 0 bridgehead atoms. The predicted molar refractivity (Wildman–Crippen MR) is 37.8 cm³/mol. The van der Waals surface area contributed by atoms with Crippen molar-refractivity contribution in [1.29, 1.82) is 0 Å². The van der Waals surface area contributed by atoms with Crippen LogP contribution in [-0.2, 0) is 0 Å². The zero-order chi connectivity index (χ0) is 5.70. The van der Waals surface area contributed by atoms with Crippen molar-refractivity contribution >= 4 is 29.6 Å². The molecule has 0 aliphatic heterocycles. The van der Waals surface area contributed by atoms with Crippen LogP contribution in [0.15, 0.2) is 5.10 Å². The maximum absolute atomic E-state index is 5.22. The summed E-state index contributed by atoms with van der Waals surface area (Å²) in [5.74, 6) is 0. The van der Waals surface area contributed by atoms with E-state index in [1.165, 1.54) is 0 Å². The highest BCUT2D eigenvalue weighted by Crippen LogP contribution is 1.68. The average molecular weight is 214 g/mol. The number of halogens is 1. The van der Waals surface area contributed by atoms with E-state index in [4.69, 9.17) is 5.73 Å². The first kappa shape index (κ1) is 7.12. The van der Waals surface area contributed by atoms with Crippen LogP contribution in [0.4, 0.5) is 0 Å². The molecule has 7 heavy (non-hydrogen) atoms. The molecule has 4 N–H and O–H groups in total. The monoisotopic (exact) mass is 214 g/mol. The molecule has 0 aromatic heterocycles. The summed E-state index contributed by atoms with van der Waals surface area (Å²) in [6, 6.07) is 0. The van der Waals surface area contributed by atoms with Gasteiger partial charge >= 0.3 is 0 Å². The Kier molecular flexibility index (Phi) is 4.36. The van der Waals surface area contributed by atoms with Gasteiger partial charge in [-0.1, -0.05) is 0 Å². The molecule has 42 valence electrons. The number of nitrogens with zero attached hydrogens (tertiary/aromatic N) is 1. The fraction of sp³-hybridized carbons (Fsp3) is 0.500. The molecule has 0 fully saturated rings. The quantitative estimate of drug-likeness (QED) is 0.193. The normalized spacial score (nSPS) is 12.9. The average Bonchev–Trinajstić information content (AvgIpc) is 1.68. The van der Waals surface area contributed by atoms with Crippen molar-refractivity contribution in [1.82, 2.24) is 8.96 Å². The van der Waals surface area contributed by atoms with E-state index in [1.54, 1.807) is 0 Å². The Morgan fingerprint density at radius 3 is 2.57 bits per heavy atom. The lowest BCUT2D eigenvalue weighted by Gasteiger charge is -2.04. The first-order valence-electron chi connectivity index (χ1n) is 1.64. The van der Waals surface area contributed by atoms with Crippen molar-refractivity contribution in [3.8, 4) is 0 Å². The first-order valence-corrected chi connectivity index (χ1v) is 2.72. The molecule has 1 atom stereocenters. The zero-order valence-electron chi connectivity index (χ0n) is 3.69. The van der Waals surface area contributed by atoms with Gasteiger partial charge in [0.25, 0.3) is 0 Å². The SMILES string of the molecule is C=NNC(N)NI. The third kappa shape index (κ3) is 3.96. The summed E-state index contributed by atoms with van der Waals surface area (Å²) in [6.07, 6.45) is -0.293. The molecule has 4 nitrogen and oxygen atoms in total. The Balaban J connectivity index is 2.98. The lowest BCUT2D eigenvalue weighted by atomic mass is 11.0. The summed E-state index contributed by atoms with van der Waals surface area (Å²) >= 11 is 1.91. The van der Waals surface area contributed by atoms with Crippen LogP contribution in [0.2, 0.25) is 0 Å². The summed E-state index contributed by atoms with van der Waals surface area (Å²) in [6.45, 7) is 3.16. The van der Waals surface area contributed by atoms with E-state index in [2.05, 4.69) is 20.8 Å². The number of hydrogen-bond acceptors (Lipinski definition) is 4. The Labute approximate surface area is 56.0 Å². The lowest BCUT2D eigenvalue weighted by molar-refractivity contribution is 0.553. The van der Waals surface area contributed by atoms with Crippen LogP contribution in [0.25, 0.3) is 0 Å². The van der Waals surface area contributed by atoms with Gasteiger partial charge in [-0.25, -0.2) is 3.53 Å². The number of rotatable bonds is 3. The van der Waals surface area contributed by atoms with Crippen molar-refractivity contribution in [2.75, 3.05) is 0 Å². The van der Waals surface area contributed by atoms with Crippen LogP contribution < -0.4 is 14.7 Å². The van der Waals surface area contributed by atoms with Gasteiger partial charge in [-0.3, -0.25) is 11.2 Å². The largest absolute Gasteiger partial charge is 0.297 e. The summed E-state index contributed by atoms with van der Waals surface area (Å²) in [7, 11) is 0. The Morgan fingerprint density at radius 1 is 1.86 bits per heavy atom. The molecule has 0 aromatic carbocycles. The molecule has 0 aliphatic carbocycles. The van der Waals surface area contributed by atoms with Crippen LogP contribution in [0.3, 0.4) is 0 Å². The Hall–Kier alpha value is 0.120. The minimum absolute atomic E-state index is 0.293. The van der Waals surface area contributed by atoms with Crippen LogP contribution in [0.1, 0.15) is 0 Å². The second-order valence-electron chi connectivity index (χ2n) is 0.874. The van der Waals surface area contributed by atoms with E-state index in [9.17, 15) is 0 Å². The maximum atomic E-state index is 5.22. The van der Waals surface area contributed by atoms with Gasteiger partial charge in [-0.05, 0) is 0 Å². The molecule has 0 heterocycles. The third-order valence-corrected chi connectivity index (χ3v) is 1.02. The van der Waals surface area contributed by atoms with Gasteiger partial charge in [0.2, 0.25) is 0 Å². The molecule has 0 saturated carbocycles. The molecule has 0 saturated heterocycles. The van der Waals surface area contributed by atoms with Gasteiger partial charge in [0, 0.05) is 29.6 Å². The maximum Gasteiger partial charge on any atom is 0.153 e. The van der Waals surface area contributed by atoms with E-state index in [0.29, 0.717) is 0 Å². The van der Waals surface area contributed by atoms with Crippen LogP contribution >= 0.6 is 22.9 Å². The van der Waals surface area contributed by atoms with Gasteiger partial charge in [0.05, 0.1) is 0 Å². The smallest absolute Gasteiger partial charge is 0.153 e. The summed E-state index contributed by atoms with van der Waals surface area (Å²) in [5, 5.41) is 3.31. The summed E-state index contributed by atoms with van der Waals surface area (Å²) in [5.41, 5.74) is 7.69. The van der Waals surface area contributed by atoms with Crippen molar-refractivity contribution < 1.29 is 0 Å². The predicted octanol–water partition coefficient (Wildman–Crippen LogP) is -0.627. The van der Waals surface area contributed by atoms with E-state index >= 15 is 0 Å². The highest BCUT2D eigenvalue weighted by atomic mass is 127. The third-order valence-electron chi connectivity index (χ3n) is 0.348. The Morgan fingerprint density at radius 2 is 2.43 bits per heavy atom. The molecule has 0 aliphatic rings. The molecular formula is C2H7IN4. The second kappa shape index (κ2) is 4.28. The van der Waals surface area contributed by atoms with Crippen molar-refractivity contribution in [3.05, 3.63) is 0 Å². The molecule has 0 rings (SSSR count). The highest BCUT2D eigenvalue weighted by molar-refractivity contribution is 14.1. The Bertz CT molecular complexity index is 55.7. The van der Waals surface area contributed by atoms with Crippen LogP contribution in [-0.4, -0.2) is 13.0 Å². The number of hydrazone groups is 1. The van der Waals surface area contributed by atoms with E-state index in [-0.39, 0.29) is 6.29 Å². The second-order valence-corrected chi connectivity index (χ2v) is 1.50. The van der Waals surface area contributed by atoms with Gasteiger partial charge in [-0.15, -0.1) is 0 Å². The molecular weight excluding hydrogens is 207 g/mol. The van der Waals surface area contributed by atoms with Gasteiger partial charge in [-0.2, -0.15) is 5.10 Å². The van der Waals surface area contributed by atoms with Crippen molar-refractivity contribution in [3.63, 3.8) is 0 Å². The van der Waals surface area contributed by atoms with Gasteiger partial charge in [0.15, 0.2) is 6.29 Å². The molecule has 0 amide bonds. The fourth-order valence-electron chi connectivity index (χ4n) is 0.123. The van der Waals surface area contributed by atoms with E-state index < -0.39 is 0 Å². The minimum atomic E-state index is -0.293. The number of nitrogens with two attached hydrogens (primary N) is 1. The molecule has 0 radical (unpaired) electrons. The van der Waals surface area contributed by atoms with E-state index in [0.717, 1.165) is 0 Å². The van der Waals surface area contributed by atoms with Crippen molar-refractivity contribution in [2.24, 2.45) is 10.8 Å². The summed E-state index contributed by atoms with van der Waals surface area (Å²) in [4.78, 5) is 0. The van der Waals surface area contributed by atoms with Crippen LogP contribution in [0, 0.1) is 0 Å². The van der Waals surface area contributed by atoms with Gasteiger partial charge in [0.1, 0.15) is 0 Å². The van der Waals surface area contributed by atoms with Crippen LogP contribution in [0.5, 0.6) is 0 Å². The standard InChI is InChI=1S/C2H7IN4/c1-5-7-2(4)6-3/h2,6-7H,1,4H2. The first-order chi connectivity index (χ1) is 3.31. The number of nitrogens with one attached hydrogen (secondary N) is 2. The zero-order valence-corrected chi connectivity index (χ0v) is 5.84.